The summed E-state index contributed by atoms with van der Waals surface area (Å²) in [7, 11) is 0. The maximum atomic E-state index is 3.56. The lowest BCUT2D eigenvalue weighted by Gasteiger charge is -2.23. The molecule has 1 heterocycles. The molecule has 17 heavy (non-hydrogen) atoms. The van der Waals surface area contributed by atoms with Crippen LogP contribution in [0.3, 0.4) is 0 Å². The number of hydrogen-bond acceptors (Lipinski definition) is 2. The SMILES string of the molecule is Brc1ccc(CCNCC2CCCCN2)cc1. The molecular formula is C14H21BrN2. The summed E-state index contributed by atoms with van der Waals surface area (Å²) in [6.45, 7) is 3.37. The molecule has 0 saturated carbocycles. The Morgan fingerprint density at radius 1 is 1.24 bits per heavy atom. The fraction of sp³-hybridized carbons (Fsp3) is 0.571. The lowest BCUT2D eigenvalue weighted by molar-refractivity contribution is 0.384. The predicted molar refractivity (Wildman–Crippen MR) is 76.4 cm³/mol. The van der Waals surface area contributed by atoms with Crippen LogP contribution < -0.4 is 10.6 Å². The van der Waals surface area contributed by atoms with Gasteiger partial charge in [-0.2, -0.15) is 0 Å². The molecule has 1 aliphatic heterocycles. The van der Waals surface area contributed by atoms with Crippen LogP contribution >= 0.6 is 15.9 Å². The van der Waals surface area contributed by atoms with E-state index in [1.54, 1.807) is 0 Å². The molecule has 3 heteroatoms. The quantitative estimate of drug-likeness (QED) is 0.817. The highest BCUT2D eigenvalue weighted by Gasteiger charge is 2.10. The maximum Gasteiger partial charge on any atom is 0.0192 e. The minimum Gasteiger partial charge on any atom is -0.315 e. The summed E-state index contributed by atoms with van der Waals surface area (Å²) in [5.74, 6) is 0. The maximum absolute atomic E-state index is 3.56. The van der Waals surface area contributed by atoms with E-state index in [2.05, 4.69) is 50.8 Å². The van der Waals surface area contributed by atoms with Gasteiger partial charge in [-0.15, -0.1) is 0 Å². The van der Waals surface area contributed by atoms with E-state index in [-0.39, 0.29) is 0 Å². The van der Waals surface area contributed by atoms with E-state index in [1.807, 2.05) is 0 Å². The smallest absolute Gasteiger partial charge is 0.0192 e. The fourth-order valence-corrected chi connectivity index (χ4v) is 2.52. The van der Waals surface area contributed by atoms with E-state index in [9.17, 15) is 0 Å². The molecule has 1 saturated heterocycles. The summed E-state index contributed by atoms with van der Waals surface area (Å²) in [5.41, 5.74) is 1.40. The molecule has 0 aliphatic carbocycles. The van der Waals surface area contributed by atoms with Crippen molar-refractivity contribution in [1.29, 1.82) is 0 Å². The van der Waals surface area contributed by atoms with Gasteiger partial charge in [-0.25, -0.2) is 0 Å². The average molecular weight is 297 g/mol. The van der Waals surface area contributed by atoms with Crippen molar-refractivity contribution < 1.29 is 0 Å². The van der Waals surface area contributed by atoms with Gasteiger partial charge in [0.25, 0.3) is 0 Å². The zero-order valence-electron chi connectivity index (χ0n) is 10.2. The third kappa shape index (κ3) is 4.78. The summed E-state index contributed by atoms with van der Waals surface area (Å²) in [6, 6.07) is 9.28. The van der Waals surface area contributed by atoms with E-state index in [1.165, 1.54) is 31.4 Å². The van der Waals surface area contributed by atoms with Gasteiger partial charge in [-0.1, -0.05) is 34.5 Å². The van der Waals surface area contributed by atoms with Crippen molar-refractivity contribution in [2.24, 2.45) is 0 Å². The van der Waals surface area contributed by atoms with Crippen molar-refractivity contribution in [3.8, 4) is 0 Å². The molecule has 94 valence electrons. The van der Waals surface area contributed by atoms with Crippen LogP contribution in [0.15, 0.2) is 28.7 Å². The summed E-state index contributed by atoms with van der Waals surface area (Å²) in [4.78, 5) is 0. The Kier molecular flexibility index (Phi) is 5.49. The highest BCUT2D eigenvalue weighted by atomic mass is 79.9. The molecular weight excluding hydrogens is 276 g/mol. The number of benzene rings is 1. The Morgan fingerprint density at radius 2 is 2.06 bits per heavy atom. The summed E-state index contributed by atoms with van der Waals surface area (Å²) in [5, 5.41) is 7.10. The standard InChI is InChI=1S/C14H21BrN2/c15-13-6-4-12(5-7-13)8-10-16-11-14-3-1-2-9-17-14/h4-7,14,16-17H,1-3,8-11H2. The van der Waals surface area contributed by atoms with Gasteiger partial charge in [0.2, 0.25) is 0 Å². The molecule has 0 bridgehead atoms. The Bertz CT molecular complexity index is 317. The van der Waals surface area contributed by atoms with Crippen molar-refractivity contribution in [3.05, 3.63) is 34.3 Å². The first kappa shape index (κ1) is 13.1. The van der Waals surface area contributed by atoms with Crippen LogP contribution in [0.2, 0.25) is 0 Å². The predicted octanol–water partition coefficient (Wildman–Crippen LogP) is 2.72. The molecule has 2 nitrogen and oxygen atoms in total. The second kappa shape index (κ2) is 7.14. The third-order valence-electron chi connectivity index (χ3n) is 3.31. The molecule has 1 fully saturated rings. The van der Waals surface area contributed by atoms with Crippen molar-refractivity contribution in [2.75, 3.05) is 19.6 Å². The van der Waals surface area contributed by atoms with Gasteiger partial charge >= 0.3 is 0 Å². The second-order valence-corrected chi connectivity index (χ2v) is 5.64. The van der Waals surface area contributed by atoms with Gasteiger partial charge in [0, 0.05) is 17.1 Å². The van der Waals surface area contributed by atoms with Crippen molar-refractivity contribution in [2.45, 2.75) is 31.7 Å². The molecule has 1 unspecified atom stereocenters. The Morgan fingerprint density at radius 3 is 2.76 bits per heavy atom. The minimum absolute atomic E-state index is 0.689. The molecule has 2 N–H and O–H groups in total. The fourth-order valence-electron chi connectivity index (χ4n) is 2.26. The molecule has 0 radical (unpaired) electrons. The molecule has 1 aliphatic rings. The Balaban J connectivity index is 1.60. The van der Waals surface area contributed by atoms with Crippen LogP contribution in [0, 0.1) is 0 Å². The zero-order chi connectivity index (χ0) is 11.9. The highest BCUT2D eigenvalue weighted by Crippen LogP contribution is 2.10. The lowest BCUT2D eigenvalue weighted by atomic mass is 10.1. The summed E-state index contributed by atoms with van der Waals surface area (Å²) in [6.07, 6.45) is 5.16. The first-order valence-corrected chi connectivity index (χ1v) is 7.32. The Hall–Kier alpha value is -0.380. The number of halogens is 1. The van der Waals surface area contributed by atoms with Crippen LogP contribution in [0.25, 0.3) is 0 Å². The topological polar surface area (TPSA) is 24.1 Å². The molecule has 0 spiro atoms. The highest BCUT2D eigenvalue weighted by molar-refractivity contribution is 9.10. The van der Waals surface area contributed by atoms with Gasteiger partial charge in [-0.3, -0.25) is 0 Å². The van der Waals surface area contributed by atoms with Gasteiger partial charge < -0.3 is 10.6 Å². The van der Waals surface area contributed by atoms with E-state index in [0.29, 0.717) is 6.04 Å². The van der Waals surface area contributed by atoms with Crippen molar-refractivity contribution >= 4 is 15.9 Å². The van der Waals surface area contributed by atoms with Crippen LogP contribution in [0.1, 0.15) is 24.8 Å². The van der Waals surface area contributed by atoms with Gasteiger partial charge in [0.1, 0.15) is 0 Å². The number of nitrogens with one attached hydrogen (secondary N) is 2. The van der Waals surface area contributed by atoms with Crippen molar-refractivity contribution in [1.82, 2.24) is 10.6 Å². The van der Waals surface area contributed by atoms with E-state index in [0.717, 1.165) is 24.0 Å². The third-order valence-corrected chi connectivity index (χ3v) is 3.84. The molecule has 1 aromatic carbocycles. The first-order chi connectivity index (χ1) is 8.34. The van der Waals surface area contributed by atoms with Crippen LogP contribution in [0.4, 0.5) is 0 Å². The van der Waals surface area contributed by atoms with Crippen LogP contribution in [-0.2, 0) is 6.42 Å². The van der Waals surface area contributed by atoms with Crippen molar-refractivity contribution in [3.63, 3.8) is 0 Å². The van der Waals surface area contributed by atoms with E-state index < -0.39 is 0 Å². The molecule has 1 aromatic rings. The number of piperidine rings is 1. The van der Waals surface area contributed by atoms with Gasteiger partial charge in [0.05, 0.1) is 0 Å². The minimum atomic E-state index is 0.689. The average Bonchev–Trinajstić information content (AvgIpc) is 2.38. The summed E-state index contributed by atoms with van der Waals surface area (Å²) < 4.78 is 1.15. The normalized spacial score (nSPS) is 20.4. The van der Waals surface area contributed by atoms with Crippen LogP contribution in [-0.4, -0.2) is 25.7 Å². The monoisotopic (exact) mass is 296 g/mol. The largest absolute Gasteiger partial charge is 0.315 e. The van der Waals surface area contributed by atoms with Gasteiger partial charge in [-0.05, 0) is 50.0 Å². The molecule has 1 atom stereocenters. The van der Waals surface area contributed by atoms with Crippen LogP contribution in [0.5, 0.6) is 0 Å². The lowest BCUT2D eigenvalue weighted by Crippen LogP contribution is -2.42. The molecule has 0 amide bonds. The Labute approximate surface area is 112 Å². The number of rotatable bonds is 5. The first-order valence-electron chi connectivity index (χ1n) is 6.53. The summed E-state index contributed by atoms with van der Waals surface area (Å²) >= 11 is 3.46. The molecule has 0 aromatic heterocycles. The van der Waals surface area contributed by atoms with E-state index >= 15 is 0 Å². The second-order valence-electron chi connectivity index (χ2n) is 4.73. The van der Waals surface area contributed by atoms with E-state index in [4.69, 9.17) is 0 Å². The number of hydrogen-bond donors (Lipinski definition) is 2. The van der Waals surface area contributed by atoms with Gasteiger partial charge in [0.15, 0.2) is 0 Å². The molecule has 2 rings (SSSR count). The zero-order valence-corrected chi connectivity index (χ0v) is 11.8.